The molecule has 0 amide bonds. The highest BCUT2D eigenvalue weighted by atomic mass is 16.8. The molecule has 2 N–H and O–H groups in total. The summed E-state index contributed by atoms with van der Waals surface area (Å²) in [6, 6.07) is 0. The SMILES string of the molecule is O[C@@H]1[C@@H]2OC(C3CC4CCC3C4)O[C@@H]2[C@@H](O)C2OC(C3CC4CCC3C4)O[C@H]21. The number of aliphatic hydroxyl groups is 2. The zero-order chi connectivity index (χ0) is 18.6. The van der Waals surface area contributed by atoms with E-state index in [2.05, 4.69) is 0 Å². The molecule has 156 valence electrons. The highest BCUT2D eigenvalue weighted by Crippen LogP contribution is 2.54. The minimum atomic E-state index is -0.800. The third-order valence-corrected chi connectivity index (χ3v) is 9.44. The van der Waals surface area contributed by atoms with Crippen LogP contribution in [0.15, 0.2) is 0 Å². The van der Waals surface area contributed by atoms with Crippen molar-refractivity contribution in [1.29, 1.82) is 0 Å². The molecule has 7 aliphatic rings. The van der Waals surface area contributed by atoms with Crippen molar-refractivity contribution in [2.24, 2.45) is 35.5 Å². The first-order chi connectivity index (χ1) is 13.7. The predicted octanol–water partition coefficient (Wildman–Crippen LogP) is 1.81. The highest BCUT2D eigenvalue weighted by Gasteiger charge is 2.63. The molecule has 14 atom stereocenters. The van der Waals surface area contributed by atoms with E-state index in [-0.39, 0.29) is 12.6 Å². The van der Waals surface area contributed by atoms with Crippen molar-refractivity contribution < 1.29 is 29.2 Å². The van der Waals surface area contributed by atoms with Crippen LogP contribution in [0.1, 0.15) is 51.4 Å². The summed E-state index contributed by atoms with van der Waals surface area (Å²) in [6.07, 6.45) is 5.86. The molecular weight excluding hydrogens is 360 g/mol. The van der Waals surface area contributed by atoms with Crippen molar-refractivity contribution in [2.45, 2.75) is 101 Å². The number of fused-ring (bicyclic) bond motifs is 6. The van der Waals surface area contributed by atoms with E-state index in [9.17, 15) is 10.2 Å². The van der Waals surface area contributed by atoms with Crippen molar-refractivity contribution in [1.82, 2.24) is 0 Å². The lowest BCUT2D eigenvalue weighted by Crippen LogP contribution is -2.61. The number of ether oxygens (including phenoxy) is 4. The molecule has 0 aromatic rings. The van der Waals surface area contributed by atoms with Crippen LogP contribution in [-0.4, -0.2) is 59.4 Å². The lowest BCUT2D eigenvalue weighted by Gasteiger charge is -2.38. The van der Waals surface area contributed by atoms with Gasteiger partial charge in [-0.2, -0.15) is 0 Å². The largest absolute Gasteiger partial charge is 0.387 e. The van der Waals surface area contributed by atoms with Crippen LogP contribution >= 0.6 is 0 Å². The number of aliphatic hydroxyl groups excluding tert-OH is 2. The van der Waals surface area contributed by atoms with Crippen LogP contribution in [0.2, 0.25) is 0 Å². The van der Waals surface area contributed by atoms with Gasteiger partial charge < -0.3 is 29.2 Å². The fourth-order valence-corrected chi connectivity index (χ4v) is 8.12. The van der Waals surface area contributed by atoms with E-state index in [0.717, 1.165) is 24.7 Å². The van der Waals surface area contributed by atoms with E-state index >= 15 is 0 Å². The van der Waals surface area contributed by atoms with E-state index in [1.165, 1.54) is 38.5 Å². The second-order valence-electron chi connectivity index (χ2n) is 10.8. The Hall–Kier alpha value is -0.240. The summed E-state index contributed by atoms with van der Waals surface area (Å²) in [7, 11) is 0. The van der Waals surface area contributed by atoms with Gasteiger partial charge in [-0.05, 0) is 62.2 Å². The molecule has 5 saturated carbocycles. The second-order valence-corrected chi connectivity index (χ2v) is 10.8. The Bertz CT molecular complexity index is 565. The third-order valence-electron chi connectivity index (χ3n) is 9.44. The van der Waals surface area contributed by atoms with Crippen molar-refractivity contribution in [3.63, 3.8) is 0 Å². The van der Waals surface area contributed by atoms with Crippen molar-refractivity contribution in [3.8, 4) is 0 Å². The highest BCUT2D eigenvalue weighted by molar-refractivity contribution is 5.08. The summed E-state index contributed by atoms with van der Waals surface area (Å²) >= 11 is 0. The van der Waals surface area contributed by atoms with Gasteiger partial charge in [-0.1, -0.05) is 12.8 Å². The topological polar surface area (TPSA) is 77.4 Å². The van der Waals surface area contributed by atoms with Crippen LogP contribution in [-0.2, 0) is 18.9 Å². The number of hydrogen-bond acceptors (Lipinski definition) is 6. The molecule has 2 heterocycles. The van der Waals surface area contributed by atoms with Gasteiger partial charge in [0, 0.05) is 11.8 Å². The molecule has 6 heteroatoms. The average Bonchev–Trinajstić information content (AvgIpc) is 3.53. The molecule has 0 aromatic carbocycles. The normalized spacial score (nSPS) is 64.5. The molecule has 7 fully saturated rings. The van der Waals surface area contributed by atoms with Crippen molar-refractivity contribution in [3.05, 3.63) is 0 Å². The van der Waals surface area contributed by atoms with Crippen LogP contribution in [0, 0.1) is 35.5 Å². The van der Waals surface area contributed by atoms with Gasteiger partial charge in [-0.25, -0.2) is 0 Å². The monoisotopic (exact) mass is 392 g/mol. The van der Waals surface area contributed by atoms with Gasteiger partial charge >= 0.3 is 0 Å². The van der Waals surface area contributed by atoms with Gasteiger partial charge in [-0.3, -0.25) is 0 Å². The quantitative estimate of drug-likeness (QED) is 0.746. The van der Waals surface area contributed by atoms with Crippen LogP contribution in [0.4, 0.5) is 0 Å². The summed E-state index contributed by atoms with van der Waals surface area (Å²) < 4.78 is 24.9. The van der Waals surface area contributed by atoms with E-state index in [1.54, 1.807) is 0 Å². The van der Waals surface area contributed by atoms with E-state index < -0.39 is 36.6 Å². The molecule has 2 saturated heterocycles. The van der Waals surface area contributed by atoms with Crippen LogP contribution < -0.4 is 0 Å². The Kier molecular flexibility index (Phi) is 3.83. The smallest absolute Gasteiger partial charge is 0.161 e. The average molecular weight is 392 g/mol. The van der Waals surface area contributed by atoms with Crippen LogP contribution in [0.25, 0.3) is 0 Å². The first-order valence-corrected chi connectivity index (χ1v) is 11.6. The summed E-state index contributed by atoms with van der Waals surface area (Å²) in [5, 5.41) is 22.1. The second kappa shape index (κ2) is 6.14. The molecule has 6 nitrogen and oxygen atoms in total. The van der Waals surface area contributed by atoms with Crippen LogP contribution in [0.3, 0.4) is 0 Å². The van der Waals surface area contributed by atoms with Crippen LogP contribution in [0.5, 0.6) is 0 Å². The number of rotatable bonds is 2. The summed E-state index contributed by atoms with van der Waals surface area (Å²) in [5.74, 6) is 3.80. The minimum absolute atomic E-state index is 0.296. The lowest BCUT2D eigenvalue weighted by atomic mass is 9.85. The first-order valence-electron chi connectivity index (χ1n) is 11.6. The summed E-state index contributed by atoms with van der Waals surface area (Å²) in [4.78, 5) is 0. The molecule has 0 spiro atoms. The Morgan fingerprint density at radius 3 is 1.18 bits per heavy atom. The van der Waals surface area contributed by atoms with Gasteiger partial charge in [-0.15, -0.1) is 0 Å². The standard InChI is InChI=1S/C22H32O6/c23-15-17-18(26-21(25-17)13-7-9-1-3-11(13)5-9)16(24)20-19(15)27-22(28-20)14-8-10-2-4-12(14)6-10/h9-24H,1-8H2/t9?,10?,11?,12?,13?,14?,15-,16-,17-,18+,19?,20+,21?,22?/m1/s1. The van der Waals surface area contributed by atoms with E-state index in [0.29, 0.717) is 23.7 Å². The van der Waals surface area contributed by atoms with Gasteiger partial charge in [0.15, 0.2) is 12.6 Å². The third kappa shape index (κ3) is 2.36. The van der Waals surface area contributed by atoms with Crippen molar-refractivity contribution >= 4 is 0 Å². The molecule has 0 radical (unpaired) electrons. The zero-order valence-corrected chi connectivity index (χ0v) is 16.3. The first kappa shape index (κ1) is 17.4. The Morgan fingerprint density at radius 1 is 0.500 bits per heavy atom. The molecular formula is C22H32O6. The molecule has 2 aliphatic heterocycles. The fourth-order valence-electron chi connectivity index (χ4n) is 8.12. The molecule has 7 rings (SSSR count). The lowest BCUT2D eigenvalue weighted by molar-refractivity contribution is -0.154. The zero-order valence-electron chi connectivity index (χ0n) is 16.3. The molecule has 9 unspecified atom stereocenters. The fraction of sp³-hybridized carbons (Fsp3) is 1.00. The molecule has 5 aliphatic carbocycles. The Morgan fingerprint density at radius 2 is 0.893 bits per heavy atom. The predicted molar refractivity (Wildman–Crippen MR) is 97.0 cm³/mol. The summed E-state index contributed by atoms with van der Waals surface area (Å²) in [6.45, 7) is 0. The molecule has 0 aromatic heterocycles. The van der Waals surface area contributed by atoms with Crippen molar-refractivity contribution in [2.75, 3.05) is 0 Å². The Balaban J connectivity index is 1.08. The maximum absolute atomic E-state index is 11.0. The van der Waals surface area contributed by atoms with E-state index in [1.807, 2.05) is 0 Å². The molecule has 28 heavy (non-hydrogen) atoms. The van der Waals surface area contributed by atoms with Gasteiger partial charge in [0.1, 0.15) is 36.6 Å². The van der Waals surface area contributed by atoms with Gasteiger partial charge in [0.2, 0.25) is 0 Å². The van der Waals surface area contributed by atoms with Gasteiger partial charge in [0.05, 0.1) is 0 Å². The maximum Gasteiger partial charge on any atom is 0.161 e. The summed E-state index contributed by atoms with van der Waals surface area (Å²) in [5.41, 5.74) is 0. The Labute approximate surface area is 165 Å². The van der Waals surface area contributed by atoms with E-state index in [4.69, 9.17) is 18.9 Å². The number of hydrogen-bond donors (Lipinski definition) is 2. The van der Waals surface area contributed by atoms with Gasteiger partial charge in [0.25, 0.3) is 0 Å². The molecule has 4 bridgehead atoms. The maximum atomic E-state index is 11.0. The minimum Gasteiger partial charge on any atom is -0.387 e.